The first-order valence-electron chi connectivity index (χ1n) is 7.44. The molecule has 24 heavy (non-hydrogen) atoms. The maximum atomic E-state index is 12.5. The van der Waals surface area contributed by atoms with Gasteiger partial charge < -0.3 is 15.3 Å². The van der Waals surface area contributed by atoms with Crippen molar-refractivity contribution in [3.8, 4) is 0 Å². The monoisotopic (exact) mass is 372 g/mol. The van der Waals surface area contributed by atoms with E-state index in [4.69, 9.17) is 11.6 Å². The first-order chi connectivity index (χ1) is 11.2. The maximum Gasteiger partial charge on any atom is 0.327 e. The van der Waals surface area contributed by atoms with Gasteiger partial charge in [-0.25, -0.2) is 4.79 Å². The predicted octanol–water partition coefficient (Wildman–Crippen LogP) is 0.802. The number of carboxylic acids is 1. The number of nitrogens with one attached hydrogen (secondary N) is 1. The van der Waals surface area contributed by atoms with E-state index >= 15 is 0 Å². The summed E-state index contributed by atoms with van der Waals surface area (Å²) in [6.45, 7) is 5.85. The number of aryl methyl sites for hydroxylation is 1. The lowest BCUT2D eigenvalue weighted by molar-refractivity contribution is -0.159. The quantitative estimate of drug-likeness (QED) is 0.757. The van der Waals surface area contributed by atoms with Crippen molar-refractivity contribution in [2.75, 3.05) is 0 Å². The first kappa shape index (κ1) is 17.1. The van der Waals surface area contributed by atoms with Crippen LogP contribution in [0.4, 0.5) is 0 Å². The van der Waals surface area contributed by atoms with Crippen LogP contribution in [0.2, 0.25) is 5.02 Å². The molecule has 3 rings (SSSR count). The Bertz CT molecular complexity index is 734. The average Bonchev–Trinajstić information content (AvgIpc) is 2.99. The summed E-state index contributed by atoms with van der Waals surface area (Å²) in [6, 6.07) is -1.67. The molecule has 2 fully saturated rings. The van der Waals surface area contributed by atoms with Crippen LogP contribution in [0.5, 0.6) is 0 Å². The Kier molecular flexibility index (Phi) is 4.03. The molecule has 2 aliphatic heterocycles. The summed E-state index contributed by atoms with van der Waals surface area (Å²) >= 11 is 7.37. The molecule has 1 aromatic rings. The fourth-order valence-electron chi connectivity index (χ4n) is 3.18. The van der Waals surface area contributed by atoms with Crippen LogP contribution in [-0.2, 0) is 16.1 Å². The number of aromatic nitrogens is 2. The molecule has 0 aromatic carbocycles. The molecule has 0 radical (unpaired) electrons. The predicted molar refractivity (Wildman–Crippen MR) is 87.9 cm³/mol. The molecule has 3 atom stereocenters. The Balaban J connectivity index is 1.79. The lowest BCUT2D eigenvalue weighted by Crippen LogP contribution is -2.70. The molecule has 2 saturated heterocycles. The molecular weight excluding hydrogens is 356 g/mol. The minimum absolute atomic E-state index is 0.197. The molecule has 10 heteroatoms. The number of nitrogens with zero attached hydrogens (tertiary/aromatic N) is 3. The van der Waals surface area contributed by atoms with E-state index < -0.39 is 40.0 Å². The van der Waals surface area contributed by atoms with Gasteiger partial charge in [0, 0.05) is 11.3 Å². The molecule has 2 amide bonds. The van der Waals surface area contributed by atoms with E-state index in [-0.39, 0.29) is 10.7 Å². The molecule has 8 nitrogen and oxygen atoms in total. The van der Waals surface area contributed by atoms with Gasteiger partial charge in [0.25, 0.3) is 5.91 Å². The van der Waals surface area contributed by atoms with E-state index in [0.29, 0.717) is 6.54 Å². The third-order valence-corrected chi connectivity index (χ3v) is 6.12. The summed E-state index contributed by atoms with van der Waals surface area (Å²) in [5, 5.41) is 15.9. The smallest absolute Gasteiger partial charge is 0.327 e. The van der Waals surface area contributed by atoms with Crippen LogP contribution in [0.15, 0.2) is 6.20 Å². The van der Waals surface area contributed by atoms with Gasteiger partial charge in [-0.15, -0.1) is 11.8 Å². The number of carbonyl (C=O) groups excluding carboxylic acids is 2. The Morgan fingerprint density at radius 1 is 1.50 bits per heavy atom. The fraction of sp³-hybridized carbons (Fsp3) is 0.571. The van der Waals surface area contributed by atoms with Crippen LogP contribution in [0.1, 0.15) is 31.3 Å². The summed E-state index contributed by atoms with van der Waals surface area (Å²) in [5.41, 5.74) is 0.197. The van der Waals surface area contributed by atoms with Gasteiger partial charge in [0.2, 0.25) is 5.91 Å². The largest absolute Gasteiger partial charge is 0.480 e. The summed E-state index contributed by atoms with van der Waals surface area (Å²) in [4.78, 5) is 37.6. The van der Waals surface area contributed by atoms with Gasteiger partial charge in [0.1, 0.15) is 23.2 Å². The topological polar surface area (TPSA) is 105 Å². The second-order valence-corrected chi connectivity index (χ2v) is 8.38. The van der Waals surface area contributed by atoms with Gasteiger partial charge in [0.15, 0.2) is 0 Å². The minimum atomic E-state index is -1.04. The molecule has 0 spiro atoms. The highest BCUT2D eigenvalue weighted by Crippen LogP contribution is 2.50. The highest BCUT2D eigenvalue weighted by Gasteiger charge is 2.64. The van der Waals surface area contributed by atoms with Crippen molar-refractivity contribution >= 4 is 41.1 Å². The number of thioether (sulfide) groups is 1. The van der Waals surface area contributed by atoms with Gasteiger partial charge in [-0.2, -0.15) is 5.10 Å². The van der Waals surface area contributed by atoms with Crippen molar-refractivity contribution < 1.29 is 19.5 Å². The van der Waals surface area contributed by atoms with E-state index in [1.165, 1.54) is 27.5 Å². The Morgan fingerprint density at radius 3 is 2.75 bits per heavy atom. The van der Waals surface area contributed by atoms with E-state index in [0.717, 1.165) is 0 Å². The van der Waals surface area contributed by atoms with Gasteiger partial charge in [-0.3, -0.25) is 14.3 Å². The van der Waals surface area contributed by atoms with Gasteiger partial charge in [-0.1, -0.05) is 11.6 Å². The van der Waals surface area contributed by atoms with Gasteiger partial charge in [-0.05, 0) is 20.8 Å². The number of fused-ring (bicyclic) bond motifs is 1. The van der Waals surface area contributed by atoms with Crippen LogP contribution < -0.4 is 5.32 Å². The molecule has 0 saturated carbocycles. The number of aliphatic carboxylic acids is 1. The van der Waals surface area contributed by atoms with Crippen LogP contribution in [0.3, 0.4) is 0 Å². The van der Waals surface area contributed by atoms with Crippen LogP contribution >= 0.6 is 23.4 Å². The molecule has 1 aromatic heterocycles. The normalized spacial score (nSPS) is 27.6. The zero-order valence-electron chi connectivity index (χ0n) is 13.3. The number of hydrogen-bond acceptors (Lipinski definition) is 5. The van der Waals surface area contributed by atoms with Crippen LogP contribution in [-0.4, -0.2) is 59.8 Å². The van der Waals surface area contributed by atoms with E-state index in [9.17, 15) is 19.5 Å². The van der Waals surface area contributed by atoms with Crippen molar-refractivity contribution in [3.63, 3.8) is 0 Å². The summed E-state index contributed by atoms with van der Waals surface area (Å²) in [7, 11) is 0. The molecule has 0 unspecified atom stereocenters. The van der Waals surface area contributed by atoms with Crippen molar-refractivity contribution in [1.82, 2.24) is 20.0 Å². The fourth-order valence-corrected chi connectivity index (χ4v) is 5.04. The lowest BCUT2D eigenvalue weighted by Gasteiger charge is -2.43. The standard InChI is InChI=1S/C14H17ClN4O4S/c1-4-18-8(6(15)5-16-18)10(20)17-7-11(21)19-9(13(22)23)14(2,3)24-12(7)19/h5,7,9,12H,4H2,1-3H3,(H,17,20)(H,22,23)/t7-,9+,12+/m1/s1. The molecule has 130 valence electrons. The number of carbonyl (C=O) groups is 3. The van der Waals surface area contributed by atoms with Crippen LogP contribution in [0.25, 0.3) is 0 Å². The summed E-state index contributed by atoms with van der Waals surface area (Å²) in [5.74, 6) is -1.92. The van der Waals surface area contributed by atoms with E-state index in [2.05, 4.69) is 10.4 Å². The third kappa shape index (κ3) is 2.37. The van der Waals surface area contributed by atoms with Crippen molar-refractivity contribution in [3.05, 3.63) is 16.9 Å². The molecule has 0 bridgehead atoms. The number of halogens is 1. The number of carboxylic acid groups (broad SMARTS) is 1. The van der Waals surface area contributed by atoms with Crippen molar-refractivity contribution in [2.45, 2.75) is 49.5 Å². The number of β-lactam (4-membered cyclic amide) rings is 1. The zero-order valence-corrected chi connectivity index (χ0v) is 14.9. The minimum Gasteiger partial charge on any atom is -0.480 e. The number of amides is 2. The lowest BCUT2D eigenvalue weighted by atomic mass is 9.96. The first-order valence-corrected chi connectivity index (χ1v) is 8.69. The van der Waals surface area contributed by atoms with Crippen LogP contribution in [0, 0.1) is 0 Å². The SMILES string of the molecule is CCn1ncc(Cl)c1C(=O)N[C@@H]1C(=O)N2[C@@H](C(=O)O)C(C)(C)S[C@@H]12. The number of rotatable bonds is 4. The maximum absolute atomic E-state index is 12.5. The Morgan fingerprint density at radius 2 is 2.17 bits per heavy atom. The zero-order chi connectivity index (χ0) is 17.8. The van der Waals surface area contributed by atoms with Crippen molar-refractivity contribution in [1.29, 1.82) is 0 Å². The number of hydrogen-bond donors (Lipinski definition) is 2. The Hall–Kier alpha value is -1.74. The summed E-state index contributed by atoms with van der Waals surface area (Å²) in [6.07, 6.45) is 1.38. The highest BCUT2D eigenvalue weighted by atomic mass is 35.5. The molecule has 3 heterocycles. The molecule has 2 N–H and O–H groups in total. The highest BCUT2D eigenvalue weighted by molar-refractivity contribution is 8.01. The molecule has 2 aliphatic rings. The third-order valence-electron chi connectivity index (χ3n) is 4.27. The van der Waals surface area contributed by atoms with Gasteiger partial charge in [0.05, 0.1) is 11.2 Å². The Labute approximate surface area is 147 Å². The molecule has 0 aliphatic carbocycles. The average molecular weight is 373 g/mol. The van der Waals surface area contributed by atoms with E-state index in [1.54, 1.807) is 13.8 Å². The summed E-state index contributed by atoms with van der Waals surface area (Å²) < 4.78 is 0.818. The van der Waals surface area contributed by atoms with Crippen molar-refractivity contribution in [2.24, 2.45) is 0 Å². The second-order valence-electron chi connectivity index (χ2n) is 6.21. The molecular formula is C14H17ClN4O4S. The second kappa shape index (κ2) is 5.66. The van der Waals surface area contributed by atoms with Gasteiger partial charge >= 0.3 is 5.97 Å². The van der Waals surface area contributed by atoms with E-state index in [1.807, 2.05) is 6.92 Å².